The van der Waals surface area contributed by atoms with Gasteiger partial charge in [0.2, 0.25) is 0 Å². The zero-order valence-corrected chi connectivity index (χ0v) is 18.2. The first-order chi connectivity index (χ1) is 14.5. The summed E-state index contributed by atoms with van der Waals surface area (Å²) in [6.45, 7) is 5.92. The van der Waals surface area contributed by atoms with E-state index in [0.717, 1.165) is 41.6 Å². The lowest BCUT2D eigenvalue weighted by Crippen LogP contribution is -2.40. The molecule has 3 aromatic rings. The summed E-state index contributed by atoms with van der Waals surface area (Å²) in [5.41, 5.74) is 4.69. The first-order valence-corrected chi connectivity index (χ1v) is 10.8. The third-order valence-electron chi connectivity index (χ3n) is 5.56. The van der Waals surface area contributed by atoms with Crippen molar-refractivity contribution in [2.24, 2.45) is 0 Å². The molecule has 2 N–H and O–H groups in total. The Morgan fingerprint density at radius 1 is 1.23 bits per heavy atom. The van der Waals surface area contributed by atoms with Crippen LogP contribution < -0.4 is 10.9 Å². The van der Waals surface area contributed by atoms with Gasteiger partial charge in [-0.25, -0.2) is 0 Å². The number of aryl methyl sites for hydroxylation is 2. The minimum atomic E-state index is -0.0766. The molecule has 1 atom stereocenters. The molecular weight excluding hydrogens is 394 g/mol. The average Bonchev–Trinajstić information content (AvgIpc) is 3.24. The maximum atomic E-state index is 12.8. The summed E-state index contributed by atoms with van der Waals surface area (Å²) >= 11 is 5.73. The van der Waals surface area contributed by atoms with Crippen LogP contribution in [-0.2, 0) is 11.3 Å². The number of hydrogen-bond donors (Lipinski definition) is 2. The summed E-state index contributed by atoms with van der Waals surface area (Å²) in [4.78, 5) is 17.9. The Labute approximate surface area is 182 Å². The first-order valence-electron chi connectivity index (χ1n) is 10.4. The standard InChI is InChI=1S/C24H27N3O2S/c1-16-8-10-20(11-9-16)25-24(30)27(15-21-7-4-12-29-21)14-19-13-18-6-3-5-17(2)22(18)26-23(19)28/h3,5-6,8-11,13,21H,4,7,12,14-15H2,1-2H3,(H,25,30)(H,26,28)/t21-/m0/s1. The predicted octanol–water partition coefficient (Wildman–Crippen LogP) is 4.52. The van der Waals surface area contributed by atoms with Gasteiger partial charge in [-0.15, -0.1) is 0 Å². The lowest BCUT2D eigenvalue weighted by Gasteiger charge is -2.28. The highest BCUT2D eigenvalue weighted by atomic mass is 32.1. The lowest BCUT2D eigenvalue weighted by molar-refractivity contribution is 0.0904. The molecule has 0 spiro atoms. The monoisotopic (exact) mass is 421 g/mol. The molecule has 0 amide bonds. The van der Waals surface area contributed by atoms with E-state index in [1.807, 2.05) is 60.4 Å². The second kappa shape index (κ2) is 8.98. The largest absolute Gasteiger partial charge is 0.376 e. The Hall–Kier alpha value is -2.70. The fourth-order valence-corrected chi connectivity index (χ4v) is 4.10. The number of fused-ring (bicyclic) bond motifs is 1. The minimum absolute atomic E-state index is 0.0766. The van der Waals surface area contributed by atoms with E-state index in [2.05, 4.69) is 17.2 Å². The summed E-state index contributed by atoms with van der Waals surface area (Å²) in [5, 5.41) is 4.94. The van der Waals surface area contributed by atoms with Crippen molar-refractivity contribution in [2.75, 3.05) is 18.5 Å². The van der Waals surface area contributed by atoms with Crippen LogP contribution >= 0.6 is 12.2 Å². The Morgan fingerprint density at radius 2 is 2.03 bits per heavy atom. The summed E-state index contributed by atoms with van der Waals surface area (Å²) in [7, 11) is 0. The average molecular weight is 422 g/mol. The highest BCUT2D eigenvalue weighted by Gasteiger charge is 2.22. The van der Waals surface area contributed by atoms with Gasteiger partial charge in [-0.1, -0.05) is 35.9 Å². The van der Waals surface area contributed by atoms with Gasteiger partial charge in [-0.3, -0.25) is 4.79 Å². The van der Waals surface area contributed by atoms with Gasteiger partial charge in [0.05, 0.1) is 18.2 Å². The molecule has 30 heavy (non-hydrogen) atoms. The van der Waals surface area contributed by atoms with Gasteiger partial charge in [-0.05, 0) is 68.1 Å². The van der Waals surface area contributed by atoms with E-state index >= 15 is 0 Å². The molecule has 4 rings (SSSR count). The van der Waals surface area contributed by atoms with Gasteiger partial charge in [0, 0.05) is 24.4 Å². The maximum Gasteiger partial charge on any atom is 0.253 e. The smallest absolute Gasteiger partial charge is 0.253 e. The normalized spacial score (nSPS) is 16.0. The van der Waals surface area contributed by atoms with Gasteiger partial charge in [-0.2, -0.15) is 0 Å². The van der Waals surface area contributed by atoms with Crippen molar-refractivity contribution >= 4 is 33.9 Å². The molecule has 2 aromatic carbocycles. The van der Waals surface area contributed by atoms with Gasteiger partial charge in [0.1, 0.15) is 0 Å². The molecule has 156 valence electrons. The SMILES string of the molecule is Cc1ccc(NC(=S)N(Cc2cc3cccc(C)c3[nH]c2=O)C[C@@H]2CCCO2)cc1. The van der Waals surface area contributed by atoms with Crippen LogP contribution in [0.5, 0.6) is 0 Å². The van der Waals surface area contributed by atoms with Crippen molar-refractivity contribution < 1.29 is 4.74 Å². The molecule has 0 bridgehead atoms. The van der Waals surface area contributed by atoms with Crippen molar-refractivity contribution in [1.82, 2.24) is 9.88 Å². The van der Waals surface area contributed by atoms with Crippen LogP contribution in [0.3, 0.4) is 0 Å². The third-order valence-corrected chi connectivity index (χ3v) is 5.92. The Kier molecular flexibility index (Phi) is 6.16. The van der Waals surface area contributed by atoms with Crippen LogP contribution in [0.4, 0.5) is 5.69 Å². The molecular formula is C24H27N3O2S. The number of rotatable bonds is 5. The number of benzene rings is 2. The number of hydrogen-bond acceptors (Lipinski definition) is 3. The highest BCUT2D eigenvalue weighted by molar-refractivity contribution is 7.80. The molecule has 2 heterocycles. The number of aromatic amines is 1. The van der Waals surface area contributed by atoms with Crippen LogP contribution in [0, 0.1) is 13.8 Å². The Morgan fingerprint density at radius 3 is 2.77 bits per heavy atom. The quantitative estimate of drug-likeness (QED) is 0.593. The van der Waals surface area contributed by atoms with Gasteiger partial charge >= 0.3 is 0 Å². The van der Waals surface area contributed by atoms with Crippen molar-refractivity contribution in [2.45, 2.75) is 39.3 Å². The highest BCUT2D eigenvalue weighted by Crippen LogP contribution is 2.19. The minimum Gasteiger partial charge on any atom is -0.376 e. The summed E-state index contributed by atoms with van der Waals surface area (Å²) in [5.74, 6) is 0. The van der Waals surface area contributed by atoms with Crippen LogP contribution in [-0.4, -0.2) is 34.3 Å². The van der Waals surface area contributed by atoms with E-state index in [0.29, 0.717) is 23.8 Å². The number of aromatic nitrogens is 1. The van der Waals surface area contributed by atoms with Crippen molar-refractivity contribution in [3.63, 3.8) is 0 Å². The van der Waals surface area contributed by atoms with Gasteiger partial charge in [0.25, 0.3) is 5.56 Å². The van der Waals surface area contributed by atoms with E-state index in [-0.39, 0.29) is 11.7 Å². The number of nitrogens with zero attached hydrogens (tertiary/aromatic N) is 1. The van der Waals surface area contributed by atoms with E-state index < -0.39 is 0 Å². The fraction of sp³-hybridized carbons (Fsp3) is 0.333. The second-order valence-electron chi connectivity index (χ2n) is 7.97. The second-order valence-corrected chi connectivity index (χ2v) is 8.36. The predicted molar refractivity (Wildman–Crippen MR) is 126 cm³/mol. The zero-order valence-electron chi connectivity index (χ0n) is 17.4. The molecule has 0 radical (unpaired) electrons. The lowest BCUT2D eigenvalue weighted by atomic mass is 10.1. The zero-order chi connectivity index (χ0) is 21.1. The maximum absolute atomic E-state index is 12.8. The molecule has 5 nitrogen and oxygen atoms in total. The number of thiocarbonyl (C=S) groups is 1. The van der Waals surface area contributed by atoms with Crippen molar-refractivity contribution in [3.8, 4) is 0 Å². The molecule has 1 aromatic heterocycles. The van der Waals surface area contributed by atoms with Crippen LogP contribution in [0.1, 0.15) is 29.5 Å². The van der Waals surface area contributed by atoms with Crippen LogP contribution in [0.2, 0.25) is 0 Å². The summed E-state index contributed by atoms with van der Waals surface area (Å²) in [6, 6.07) is 16.1. The van der Waals surface area contributed by atoms with E-state index in [1.54, 1.807) is 0 Å². The molecule has 1 aliphatic rings. The van der Waals surface area contributed by atoms with E-state index in [9.17, 15) is 4.79 Å². The Bertz CT molecular complexity index is 1100. The molecule has 6 heteroatoms. The number of ether oxygens (including phenoxy) is 1. The fourth-order valence-electron chi connectivity index (χ4n) is 3.84. The number of para-hydroxylation sites is 1. The molecule has 1 fully saturated rings. The molecule has 0 unspecified atom stereocenters. The summed E-state index contributed by atoms with van der Waals surface area (Å²) in [6.07, 6.45) is 2.20. The topological polar surface area (TPSA) is 57.4 Å². The molecule has 0 saturated carbocycles. The first kappa shape index (κ1) is 20.6. The Balaban J connectivity index is 1.59. The van der Waals surface area contributed by atoms with Gasteiger partial charge < -0.3 is 19.9 Å². The van der Waals surface area contributed by atoms with E-state index in [1.165, 1.54) is 5.56 Å². The van der Waals surface area contributed by atoms with Crippen molar-refractivity contribution in [3.05, 3.63) is 75.6 Å². The van der Waals surface area contributed by atoms with Crippen LogP contribution in [0.15, 0.2) is 53.3 Å². The molecule has 1 aliphatic heterocycles. The number of nitrogens with one attached hydrogen (secondary N) is 2. The number of H-pyrrole nitrogens is 1. The van der Waals surface area contributed by atoms with Crippen molar-refractivity contribution in [1.29, 1.82) is 0 Å². The number of anilines is 1. The van der Waals surface area contributed by atoms with E-state index in [4.69, 9.17) is 17.0 Å². The molecule has 0 aliphatic carbocycles. The summed E-state index contributed by atoms with van der Waals surface area (Å²) < 4.78 is 5.84. The van der Waals surface area contributed by atoms with Gasteiger partial charge in [0.15, 0.2) is 5.11 Å². The third kappa shape index (κ3) is 4.71. The van der Waals surface area contributed by atoms with Crippen LogP contribution in [0.25, 0.3) is 10.9 Å². The molecule has 1 saturated heterocycles. The number of pyridine rings is 1.